The molecule has 1 aromatic heterocycles. The van der Waals surface area contributed by atoms with Crippen LogP contribution < -0.4 is 5.32 Å². The van der Waals surface area contributed by atoms with Gasteiger partial charge in [0.25, 0.3) is 11.8 Å². The lowest BCUT2D eigenvalue weighted by Gasteiger charge is -2.26. The van der Waals surface area contributed by atoms with Crippen molar-refractivity contribution in [2.75, 3.05) is 18.4 Å². The molecule has 0 atom stereocenters. The van der Waals surface area contributed by atoms with Crippen LogP contribution in [0.2, 0.25) is 0 Å². The van der Waals surface area contributed by atoms with Crippen LogP contribution in [0.15, 0.2) is 36.5 Å². The molecule has 1 aliphatic rings. The molecule has 25 heavy (non-hydrogen) atoms. The van der Waals surface area contributed by atoms with Crippen LogP contribution in [0.4, 0.5) is 5.69 Å². The van der Waals surface area contributed by atoms with Crippen LogP contribution in [0.5, 0.6) is 0 Å². The number of nitrogens with zero attached hydrogens (tertiary/aromatic N) is 2. The van der Waals surface area contributed by atoms with E-state index in [0.29, 0.717) is 5.56 Å². The summed E-state index contributed by atoms with van der Waals surface area (Å²) in [4.78, 5) is 31.1. The predicted octanol–water partition coefficient (Wildman–Crippen LogP) is 3.58. The second kappa shape index (κ2) is 7.47. The Balaban J connectivity index is 1.77. The molecule has 5 nitrogen and oxygen atoms in total. The summed E-state index contributed by atoms with van der Waals surface area (Å²) in [5.41, 5.74) is 3.67. The Kier molecular flexibility index (Phi) is 5.12. The van der Waals surface area contributed by atoms with Gasteiger partial charge in [-0.15, -0.1) is 0 Å². The summed E-state index contributed by atoms with van der Waals surface area (Å²) in [6.07, 6.45) is 4.77. The van der Waals surface area contributed by atoms with E-state index in [1.807, 2.05) is 36.9 Å². The van der Waals surface area contributed by atoms with Gasteiger partial charge in [0.1, 0.15) is 5.69 Å². The lowest BCUT2D eigenvalue weighted by molar-refractivity contribution is 0.0724. The number of aryl methyl sites for hydroxylation is 1. The van der Waals surface area contributed by atoms with Crippen LogP contribution >= 0.6 is 0 Å². The number of aromatic nitrogens is 1. The summed E-state index contributed by atoms with van der Waals surface area (Å²) in [5, 5.41) is 2.89. The Morgan fingerprint density at radius 2 is 1.84 bits per heavy atom. The fourth-order valence-electron chi connectivity index (χ4n) is 3.04. The highest BCUT2D eigenvalue weighted by molar-refractivity contribution is 6.05. The van der Waals surface area contributed by atoms with E-state index >= 15 is 0 Å². The predicted molar refractivity (Wildman–Crippen MR) is 97.9 cm³/mol. The minimum atomic E-state index is -0.304. The zero-order chi connectivity index (χ0) is 17.8. The average molecular weight is 337 g/mol. The van der Waals surface area contributed by atoms with Gasteiger partial charge in [-0.3, -0.25) is 14.6 Å². The number of hydrogen-bond donors (Lipinski definition) is 1. The molecule has 0 spiro atoms. The highest BCUT2D eigenvalue weighted by Crippen LogP contribution is 2.19. The van der Waals surface area contributed by atoms with Crippen molar-refractivity contribution in [3.63, 3.8) is 0 Å². The molecule has 1 N–H and O–H groups in total. The lowest BCUT2D eigenvalue weighted by atomic mass is 10.1. The molecule has 1 saturated heterocycles. The molecule has 2 aromatic rings. The summed E-state index contributed by atoms with van der Waals surface area (Å²) in [6, 6.07) is 9.02. The summed E-state index contributed by atoms with van der Waals surface area (Å²) < 4.78 is 0. The van der Waals surface area contributed by atoms with Crippen molar-refractivity contribution in [3.8, 4) is 0 Å². The number of carbonyl (C=O) groups is 2. The minimum Gasteiger partial charge on any atom is -0.339 e. The van der Waals surface area contributed by atoms with Crippen molar-refractivity contribution in [2.45, 2.75) is 33.1 Å². The van der Waals surface area contributed by atoms with Gasteiger partial charge in [-0.25, -0.2) is 0 Å². The Labute approximate surface area is 148 Å². The molecule has 0 unspecified atom stereocenters. The number of amides is 2. The molecule has 2 amide bonds. The standard InChI is InChI=1S/C20H23N3O2/c1-14-7-6-8-17(15(14)2)22-19(24)18-13-16(9-10-21-18)20(25)23-11-4-3-5-12-23/h6-10,13H,3-5,11-12H2,1-2H3,(H,22,24). The van der Waals surface area contributed by atoms with Gasteiger partial charge in [-0.05, 0) is 62.4 Å². The Bertz CT molecular complexity index is 795. The fourth-order valence-corrected chi connectivity index (χ4v) is 3.04. The van der Waals surface area contributed by atoms with E-state index in [4.69, 9.17) is 0 Å². The maximum Gasteiger partial charge on any atom is 0.274 e. The Hall–Kier alpha value is -2.69. The number of likely N-dealkylation sites (tertiary alicyclic amines) is 1. The van der Waals surface area contributed by atoms with Gasteiger partial charge in [0.05, 0.1) is 0 Å². The minimum absolute atomic E-state index is 0.0251. The molecular formula is C20H23N3O2. The molecule has 0 bridgehead atoms. The molecule has 0 saturated carbocycles. The summed E-state index contributed by atoms with van der Waals surface area (Å²) in [7, 11) is 0. The molecule has 1 aromatic carbocycles. The first-order valence-electron chi connectivity index (χ1n) is 8.69. The largest absolute Gasteiger partial charge is 0.339 e. The molecule has 1 fully saturated rings. The maximum atomic E-state index is 12.6. The van der Waals surface area contributed by atoms with Crippen LogP contribution in [0.1, 0.15) is 51.2 Å². The summed E-state index contributed by atoms with van der Waals surface area (Å²) in [6.45, 7) is 5.53. The second-order valence-electron chi connectivity index (χ2n) is 6.48. The van der Waals surface area contributed by atoms with Crippen molar-refractivity contribution in [1.82, 2.24) is 9.88 Å². The highest BCUT2D eigenvalue weighted by atomic mass is 16.2. The van der Waals surface area contributed by atoms with Crippen LogP contribution in [0.3, 0.4) is 0 Å². The van der Waals surface area contributed by atoms with Crippen molar-refractivity contribution in [3.05, 3.63) is 58.9 Å². The number of anilines is 1. The number of nitrogens with one attached hydrogen (secondary N) is 1. The van der Waals surface area contributed by atoms with Crippen molar-refractivity contribution >= 4 is 17.5 Å². The van der Waals surface area contributed by atoms with Gasteiger partial charge < -0.3 is 10.2 Å². The third kappa shape index (κ3) is 3.87. The third-order valence-corrected chi connectivity index (χ3v) is 4.74. The van der Waals surface area contributed by atoms with E-state index < -0.39 is 0 Å². The number of piperidine rings is 1. The van der Waals surface area contributed by atoms with E-state index in [1.54, 1.807) is 12.1 Å². The van der Waals surface area contributed by atoms with Crippen LogP contribution in [-0.4, -0.2) is 34.8 Å². The topological polar surface area (TPSA) is 62.3 Å². The number of carbonyl (C=O) groups excluding carboxylic acids is 2. The average Bonchev–Trinajstić information content (AvgIpc) is 2.65. The third-order valence-electron chi connectivity index (χ3n) is 4.74. The van der Waals surface area contributed by atoms with Crippen molar-refractivity contribution in [2.24, 2.45) is 0 Å². The van der Waals surface area contributed by atoms with Crippen LogP contribution in [0, 0.1) is 13.8 Å². The molecule has 5 heteroatoms. The molecule has 0 radical (unpaired) electrons. The normalized spacial score (nSPS) is 14.2. The SMILES string of the molecule is Cc1cccc(NC(=O)c2cc(C(=O)N3CCCCC3)ccn2)c1C. The highest BCUT2D eigenvalue weighted by Gasteiger charge is 2.19. The van der Waals surface area contributed by atoms with Crippen molar-refractivity contribution in [1.29, 1.82) is 0 Å². The Morgan fingerprint density at radius 1 is 1.08 bits per heavy atom. The zero-order valence-corrected chi connectivity index (χ0v) is 14.7. The summed E-state index contributed by atoms with van der Waals surface area (Å²) >= 11 is 0. The molecular weight excluding hydrogens is 314 g/mol. The molecule has 2 heterocycles. The van der Waals surface area contributed by atoms with Gasteiger partial charge in [0, 0.05) is 30.5 Å². The lowest BCUT2D eigenvalue weighted by Crippen LogP contribution is -2.35. The molecule has 0 aliphatic carbocycles. The van der Waals surface area contributed by atoms with Gasteiger partial charge in [0.2, 0.25) is 0 Å². The van der Waals surface area contributed by atoms with Gasteiger partial charge in [-0.1, -0.05) is 12.1 Å². The maximum absolute atomic E-state index is 12.6. The van der Waals surface area contributed by atoms with E-state index in [-0.39, 0.29) is 17.5 Å². The van der Waals surface area contributed by atoms with Crippen molar-refractivity contribution < 1.29 is 9.59 Å². The number of rotatable bonds is 3. The van der Waals surface area contributed by atoms with E-state index in [2.05, 4.69) is 10.3 Å². The smallest absolute Gasteiger partial charge is 0.274 e. The fraction of sp³-hybridized carbons (Fsp3) is 0.350. The van der Waals surface area contributed by atoms with Gasteiger partial charge in [0.15, 0.2) is 0 Å². The van der Waals surface area contributed by atoms with E-state index in [9.17, 15) is 9.59 Å². The Morgan fingerprint density at radius 3 is 2.60 bits per heavy atom. The number of hydrogen-bond acceptors (Lipinski definition) is 3. The monoisotopic (exact) mass is 337 g/mol. The number of pyridine rings is 1. The first-order valence-corrected chi connectivity index (χ1v) is 8.69. The van der Waals surface area contributed by atoms with E-state index in [0.717, 1.165) is 42.7 Å². The summed E-state index contributed by atoms with van der Waals surface area (Å²) in [5.74, 6) is -0.329. The molecule has 1 aliphatic heterocycles. The van der Waals surface area contributed by atoms with Crippen LogP contribution in [0.25, 0.3) is 0 Å². The molecule has 130 valence electrons. The first kappa shape index (κ1) is 17.1. The van der Waals surface area contributed by atoms with E-state index in [1.165, 1.54) is 12.6 Å². The number of benzene rings is 1. The van der Waals surface area contributed by atoms with Gasteiger partial charge >= 0.3 is 0 Å². The zero-order valence-electron chi connectivity index (χ0n) is 14.7. The van der Waals surface area contributed by atoms with Crippen LogP contribution in [-0.2, 0) is 0 Å². The first-order chi connectivity index (χ1) is 12.1. The quantitative estimate of drug-likeness (QED) is 0.931. The molecule has 3 rings (SSSR count). The second-order valence-corrected chi connectivity index (χ2v) is 6.48. The van der Waals surface area contributed by atoms with Gasteiger partial charge in [-0.2, -0.15) is 0 Å².